The van der Waals surface area contributed by atoms with Gasteiger partial charge in [-0.05, 0) is 44.0 Å². The third-order valence-corrected chi connectivity index (χ3v) is 4.58. The molecular formula is C12H16N4O2S. The number of hydrogen-bond donors (Lipinski definition) is 2. The molecule has 1 aliphatic heterocycles. The van der Waals surface area contributed by atoms with Gasteiger partial charge in [-0.3, -0.25) is 0 Å². The lowest BCUT2D eigenvalue weighted by molar-refractivity contribution is 0.376. The Hall–Kier alpha value is -1.49. The van der Waals surface area contributed by atoms with Crippen LogP contribution in [-0.2, 0) is 10.0 Å². The van der Waals surface area contributed by atoms with E-state index in [1.807, 2.05) is 0 Å². The minimum atomic E-state index is -3.67. The molecule has 0 spiro atoms. The van der Waals surface area contributed by atoms with Crippen LogP contribution in [0, 0.1) is 17.2 Å². The first-order valence-electron chi connectivity index (χ1n) is 6.19. The second-order valence-corrected chi connectivity index (χ2v) is 6.26. The first kappa shape index (κ1) is 13.9. The lowest BCUT2D eigenvalue weighted by atomic mass is 10.0. The molecule has 2 rings (SSSR count). The van der Waals surface area contributed by atoms with Gasteiger partial charge in [0.25, 0.3) is 0 Å². The molecule has 2 N–H and O–H groups in total. The molecular weight excluding hydrogens is 264 g/mol. The highest BCUT2D eigenvalue weighted by Gasteiger charge is 2.21. The predicted molar refractivity (Wildman–Crippen MR) is 69.7 cm³/mol. The van der Waals surface area contributed by atoms with E-state index in [2.05, 4.69) is 15.0 Å². The smallest absolute Gasteiger partial charge is 0.243 e. The monoisotopic (exact) mass is 280 g/mol. The third kappa shape index (κ3) is 3.50. The van der Waals surface area contributed by atoms with Gasteiger partial charge in [0.1, 0.15) is 11.0 Å². The van der Waals surface area contributed by atoms with Crippen LogP contribution >= 0.6 is 0 Å². The minimum Gasteiger partial charge on any atom is -0.316 e. The molecule has 1 aromatic rings. The molecule has 102 valence electrons. The van der Waals surface area contributed by atoms with Crippen molar-refractivity contribution in [3.05, 3.63) is 24.0 Å². The highest BCUT2D eigenvalue weighted by atomic mass is 32.2. The van der Waals surface area contributed by atoms with E-state index in [0.29, 0.717) is 12.5 Å². The zero-order valence-corrected chi connectivity index (χ0v) is 11.3. The van der Waals surface area contributed by atoms with Crippen molar-refractivity contribution in [1.82, 2.24) is 15.0 Å². The summed E-state index contributed by atoms with van der Waals surface area (Å²) in [6.45, 7) is 2.19. The van der Waals surface area contributed by atoms with E-state index in [-0.39, 0.29) is 10.6 Å². The van der Waals surface area contributed by atoms with E-state index in [4.69, 9.17) is 5.26 Å². The summed E-state index contributed by atoms with van der Waals surface area (Å²) >= 11 is 0. The number of nitrogens with one attached hydrogen (secondary N) is 2. The van der Waals surface area contributed by atoms with Crippen molar-refractivity contribution in [1.29, 1.82) is 5.26 Å². The Bertz CT molecular complexity index is 574. The number of nitrogens with zero attached hydrogens (tertiary/aromatic N) is 2. The zero-order chi connectivity index (χ0) is 13.7. The Kier molecular flexibility index (Phi) is 4.47. The van der Waals surface area contributed by atoms with Crippen LogP contribution in [0.4, 0.5) is 0 Å². The van der Waals surface area contributed by atoms with Crippen LogP contribution in [0.5, 0.6) is 0 Å². The summed E-state index contributed by atoms with van der Waals surface area (Å²) < 4.78 is 26.8. The minimum absolute atomic E-state index is 0.0544. The summed E-state index contributed by atoms with van der Waals surface area (Å²) in [7, 11) is -3.67. The number of pyridine rings is 1. The quantitative estimate of drug-likeness (QED) is 0.823. The third-order valence-electron chi connectivity index (χ3n) is 3.13. The van der Waals surface area contributed by atoms with E-state index in [1.54, 1.807) is 6.07 Å². The van der Waals surface area contributed by atoms with E-state index < -0.39 is 10.0 Å². The lowest BCUT2D eigenvalue weighted by Gasteiger charge is -2.22. The van der Waals surface area contributed by atoms with Gasteiger partial charge in [-0.25, -0.2) is 18.1 Å². The molecule has 0 bridgehead atoms. The summed E-state index contributed by atoms with van der Waals surface area (Å²) in [6.07, 6.45) is 3.47. The summed E-state index contributed by atoms with van der Waals surface area (Å²) in [4.78, 5) is 3.71. The van der Waals surface area contributed by atoms with Gasteiger partial charge in [0.05, 0.1) is 0 Å². The molecule has 1 saturated heterocycles. The van der Waals surface area contributed by atoms with Crippen LogP contribution in [0.25, 0.3) is 0 Å². The van der Waals surface area contributed by atoms with Gasteiger partial charge in [0, 0.05) is 12.7 Å². The number of aromatic nitrogens is 1. The Balaban J connectivity index is 2.07. The van der Waals surface area contributed by atoms with Crippen molar-refractivity contribution in [3.8, 4) is 6.07 Å². The molecule has 0 amide bonds. The molecule has 1 atom stereocenters. The van der Waals surface area contributed by atoms with Gasteiger partial charge in [-0.1, -0.05) is 0 Å². The fourth-order valence-corrected chi connectivity index (χ4v) is 3.32. The van der Waals surface area contributed by atoms with Crippen LogP contribution in [0.2, 0.25) is 0 Å². The molecule has 19 heavy (non-hydrogen) atoms. The van der Waals surface area contributed by atoms with Gasteiger partial charge in [-0.15, -0.1) is 0 Å². The van der Waals surface area contributed by atoms with E-state index in [0.717, 1.165) is 25.9 Å². The number of rotatable bonds is 4. The summed E-state index contributed by atoms with van der Waals surface area (Å²) in [5, 5.41) is 12.1. The molecule has 0 saturated carbocycles. The van der Waals surface area contributed by atoms with Crippen LogP contribution in [0.1, 0.15) is 18.5 Å². The fourth-order valence-electron chi connectivity index (χ4n) is 2.09. The second kappa shape index (κ2) is 6.10. The maximum absolute atomic E-state index is 12.1. The molecule has 1 fully saturated rings. The first-order chi connectivity index (χ1) is 9.13. The van der Waals surface area contributed by atoms with Crippen molar-refractivity contribution in [3.63, 3.8) is 0 Å². The molecule has 0 aromatic carbocycles. The second-order valence-electron chi connectivity index (χ2n) is 4.53. The standard InChI is InChI=1S/C12H16N4O2S/c13-7-11-12(4-2-6-15-11)19(17,18)16-9-10-3-1-5-14-8-10/h2,4,6,10,14,16H,1,3,5,8-9H2. The van der Waals surface area contributed by atoms with Crippen molar-refractivity contribution in [2.24, 2.45) is 5.92 Å². The highest BCUT2D eigenvalue weighted by Crippen LogP contribution is 2.14. The topological polar surface area (TPSA) is 94.9 Å². The average molecular weight is 280 g/mol. The fraction of sp³-hybridized carbons (Fsp3) is 0.500. The molecule has 1 aliphatic rings. The van der Waals surface area contributed by atoms with Crippen molar-refractivity contribution in [2.75, 3.05) is 19.6 Å². The summed E-state index contributed by atoms with van der Waals surface area (Å²) in [5.74, 6) is 0.297. The molecule has 1 aromatic heterocycles. The molecule has 0 radical (unpaired) electrons. The van der Waals surface area contributed by atoms with Gasteiger partial charge in [0.2, 0.25) is 10.0 Å². The molecule has 6 nitrogen and oxygen atoms in total. The predicted octanol–water partition coefficient (Wildman–Crippen LogP) is 0.231. The Morgan fingerprint density at radius 2 is 2.42 bits per heavy atom. The lowest BCUT2D eigenvalue weighted by Crippen LogP contribution is -2.38. The number of sulfonamides is 1. The van der Waals surface area contributed by atoms with Crippen LogP contribution in [0.3, 0.4) is 0 Å². The van der Waals surface area contributed by atoms with Gasteiger partial charge >= 0.3 is 0 Å². The Morgan fingerprint density at radius 1 is 1.58 bits per heavy atom. The number of nitriles is 1. The van der Waals surface area contributed by atoms with Crippen molar-refractivity contribution in [2.45, 2.75) is 17.7 Å². The molecule has 1 unspecified atom stereocenters. The van der Waals surface area contributed by atoms with Gasteiger partial charge < -0.3 is 5.32 Å². The first-order valence-corrected chi connectivity index (χ1v) is 7.67. The highest BCUT2D eigenvalue weighted by molar-refractivity contribution is 7.89. The van der Waals surface area contributed by atoms with E-state index in [1.165, 1.54) is 18.3 Å². The van der Waals surface area contributed by atoms with E-state index in [9.17, 15) is 8.42 Å². The number of piperidine rings is 1. The van der Waals surface area contributed by atoms with Crippen molar-refractivity contribution < 1.29 is 8.42 Å². The van der Waals surface area contributed by atoms with Crippen LogP contribution in [0.15, 0.2) is 23.2 Å². The SMILES string of the molecule is N#Cc1ncccc1S(=O)(=O)NCC1CCCNC1. The number of hydrogen-bond acceptors (Lipinski definition) is 5. The Morgan fingerprint density at radius 3 is 3.11 bits per heavy atom. The normalized spacial score (nSPS) is 19.8. The maximum Gasteiger partial charge on any atom is 0.243 e. The largest absolute Gasteiger partial charge is 0.316 e. The Labute approximate surface area is 112 Å². The summed E-state index contributed by atoms with van der Waals surface area (Å²) in [6, 6.07) is 4.70. The van der Waals surface area contributed by atoms with Crippen LogP contribution < -0.4 is 10.0 Å². The van der Waals surface area contributed by atoms with E-state index >= 15 is 0 Å². The maximum atomic E-state index is 12.1. The molecule has 7 heteroatoms. The van der Waals surface area contributed by atoms with Gasteiger partial charge in [0.15, 0.2) is 5.69 Å². The molecule has 0 aliphatic carbocycles. The summed E-state index contributed by atoms with van der Waals surface area (Å²) in [5.41, 5.74) is -0.0724. The average Bonchev–Trinajstić information content (AvgIpc) is 2.46. The van der Waals surface area contributed by atoms with Crippen molar-refractivity contribution >= 4 is 10.0 Å². The van der Waals surface area contributed by atoms with Gasteiger partial charge in [-0.2, -0.15) is 5.26 Å². The molecule has 2 heterocycles. The zero-order valence-electron chi connectivity index (χ0n) is 10.5. The van der Waals surface area contributed by atoms with Crippen LogP contribution in [-0.4, -0.2) is 33.0 Å².